The van der Waals surface area contributed by atoms with Gasteiger partial charge < -0.3 is 66.3 Å². The Hall–Kier alpha value is -6.22. The summed E-state index contributed by atoms with van der Waals surface area (Å²) in [4.78, 5) is 28.7. The molecule has 1 saturated carbocycles. The average Bonchev–Trinajstić information content (AvgIpc) is 1.47. The van der Waals surface area contributed by atoms with E-state index >= 15 is 0 Å². The average molecular weight is 1180 g/mol. The van der Waals surface area contributed by atoms with Gasteiger partial charge in [-0.25, -0.2) is 9.59 Å². The van der Waals surface area contributed by atoms with E-state index in [0.717, 1.165) is 59.9 Å². The number of ether oxygens (including phenoxy) is 14. The molecule has 0 bridgehead atoms. The highest BCUT2D eigenvalue weighted by atomic mass is 16.8. The third kappa shape index (κ3) is 16.3. The van der Waals surface area contributed by atoms with Crippen molar-refractivity contribution in [2.24, 2.45) is 5.92 Å². The predicted molar refractivity (Wildman–Crippen MR) is 316 cm³/mol. The van der Waals surface area contributed by atoms with Gasteiger partial charge in [-0.3, -0.25) is 0 Å². The number of carbonyl (C=O) groups is 2. The second kappa shape index (κ2) is 31.1. The van der Waals surface area contributed by atoms with E-state index < -0.39 is 104 Å². The van der Waals surface area contributed by atoms with Gasteiger partial charge in [0.2, 0.25) is 0 Å². The van der Waals surface area contributed by atoms with Crippen LogP contribution in [0.2, 0.25) is 0 Å². The van der Waals surface area contributed by atoms with Crippen LogP contribution in [0.3, 0.4) is 0 Å². The molecule has 1 aliphatic carbocycles. The SMILES string of the molecule is COC(=O)[C@H](CC1CCCCC1)O[C@H]1[C@H]2OC(c3ccccc3)OC[C@H]2O[C@@H](O[C@@H]2CCO[C@H](COCc3ccccc3)[C@H]2O[C@@H]2O[C@@H](C)[C@@H](OCc3ccccc3)[C@@H](OCc3ccccc3)[C@@H]2OCc2ccccc2)[C@@H]1OC(=O)c1ccccc1. The molecule has 456 valence electrons. The number of esters is 2. The zero-order valence-corrected chi connectivity index (χ0v) is 49.0. The molecule has 11 rings (SSSR count). The molecule has 0 N–H and O–H groups in total. The van der Waals surface area contributed by atoms with Gasteiger partial charge in [-0.05, 0) is 60.1 Å². The quantitative estimate of drug-likeness (QED) is 0.0497. The van der Waals surface area contributed by atoms with Crippen LogP contribution in [0.25, 0.3) is 0 Å². The van der Waals surface area contributed by atoms with Crippen LogP contribution in [0.4, 0.5) is 0 Å². The molecular formula is C70H80O16. The van der Waals surface area contributed by atoms with Crippen LogP contribution in [-0.2, 0) is 97.5 Å². The van der Waals surface area contributed by atoms with Gasteiger partial charge in [-0.1, -0.05) is 202 Å². The number of fused-ring (bicyclic) bond motifs is 1. The summed E-state index contributed by atoms with van der Waals surface area (Å²) in [6.45, 7) is 3.37. The summed E-state index contributed by atoms with van der Waals surface area (Å²) < 4.78 is 95.4. The Morgan fingerprint density at radius 2 is 1.08 bits per heavy atom. The van der Waals surface area contributed by atoms with Gasteiger partial charge in [0.25, 0.3) is 0 Å². The standard InChI is InChI=1S/C70H80O16/c1-47-59(76-42-50-28-14-5-15-29-50)62(77-43-51-30-16-6-17-31-51)64(78-44-52-32-18-7-19-33-52)69(80-47)85-60-55(38-39-75-57(60)45-74-41-49-26-12-4-13-27-49)82-70-65(84-66(71)53-34-20-8-21-35-53)63(81-56(67(72)73-2)40-48-24-10-3-11-25-48)61-58(83-70)46-79-68(86-61)54-36-22-9-23-37-54/h4-9,12-23,26-37,47-48,55-65,68-70H,3,10-11,24-25,38-46H2,1-2H3/t47-,55+,56-,57+,58+,59+,60-,61-,62+,63-,64-,65+,68?,69-,70+/m0/s1. The lowest BCUT2D eigenvalue weighted by Gasteiger charge is -2.51. The van der Waals surface area contributed by atoms with Crippen LogP contribution in [0.1, 0.15) is 96.3 Å². The van der Waals surface area contributed by atoms with Gasteiger partial charge in [0.1, 0.15) is 48.8 Å². The largest absolute Gasteiger partial charge is 0.467 e. The molecule has 4 saturated heterocycles. The Bertz CT molecular complexity index is 2940. The van der Waals surface area contributed by atoms with Crippen molar-refractivity contribution in [3.05, 3.63) is 215 Å². The van der Waals surface area contributed by atoms with Crippen LogP contribution >= 0.6 is 0 Å². The number of carbonyl (C=O) groups excluding carboxylic acids is 2. The minimum atomic E-state index is -1.35. The van der Waals surface area contributed by atoms with E-state index in [1.54, 1.807) is 24.3 Å². The summed E-state index contributed by atoms with van der Waals surface area (Å²) in [6.07, 6.45) is -8.13. The molecular weight excluding hydrogens is 1100 g/mol. The zero-order chi connectivity index (χ0) is 58.9. The van der Waals surface area contributed by atoms with Crippen molar-refractivity contribution in [3.8, 4) is 0 Å². The summed E-state index contributed by atoms with van der Waals surface area (Å²) in [5.74, 6) is -1.00. The first kappa shape index (κ1) is 61.4. The minimum absolute atomic E-state index is 0.0462. The predicted octanol–water partition coefficient (Wildman–Crippen LogP) is 11.2. The van der Waals surface area contributed by atoms with Gasteiger partial charge in [0, 0.05) is 12.2 Å². The molecule has 6 aromatic rings. The summed E-state index contributed by atoms with van der Waals surface area (Å²) in [6, 6.07) is 58.0. The number of methoxy groups -OCH3 is 1. The van der Waals surface area contributed by atoms with Crippen molar-refractivity contribution >= 4 is 11.9 Å². The molecule has 0 radical (unpaired) electrons. The molecule has 0 spiro atoms. The number of benzene rings is 6. The summed E-state index contributed by atoms with van der Waals surface area (Å²) in [7, 11) is 1.36. The van der Waals surface area contributed by atoms with Crippen molar-refractivity contribution in [1.29, 1.82) is 0 Å². The normalized spacial score (nSPS) is 29.0. The third-order valence-corrected chi connectivity index (χ3v) is 16.7. The monoisotopic (exact) mass is 1180 g/mol. The highest BCUT2D eigenvalue weighted by Gasteiger charge is 2.57. The van der Waals surface area contributed by atoms with Gasteiger partial charge in [0.15, 0.2) is 31.1 Å². The fraction of sp³-hybridized carbons (Fsp3) is 0.457. The second-order valence-electron chi connectivity index (χ2n) is 22.8. The van der Waals surface area contributed by atoms with Crippen LogP contribution in [0.5, 0.6) is 0 Å². The zero-order valence-electron chi connectivity index (χ0n) is 49.0. The molecule has 5 aliphatic rings. The summed E-state index contributed by atoms with van der Waals surface area (Å²) in [5.41, 5.74) is 4.92. The molecule has 0 amide bonds. The Morgan fingerprint density at radius 3 is 1.69 bits per heavy atom. The molecule has 4 heterocycles. The van der Waals surface area contributed by atoms with Crippen LogP contribution in [-0.4, -0.2) is 125 Å². The molecule has 0 aromatic heterocycles. The molecule has 16 heteroatoms. The Labute approximate surface area is 504 Å². The van der Waals surface area contributed by atoms with Crippen LogP contribution < -0.4 is 0 Å². The summed E-state index contributed by atoms with van der Waals surface area (Å²) in [5, 5.41) is 0. The van der Waals surface area contributed by atoms with Gasteiger partial charge in [-0.15, -0.1) is 0 Å². The maximum absolute atomic E-state index is 14.6. The number of hydrogen-bond donors (Lipinski definition) is 0. The Kier molecular flexibility index (Phi) is 22.2. The molecule has 86 heavy (non-hydrogen) atoms. The first-order valence-corrected chi connectivity index (χ1v) is 30.5. The molecule has 6 aromatic carbocycles. The maximum Gasteiger partial charge on any atom is 0.338 e. The molecule has 15 atom stereocenters. The lowest BCUT2D eigenvalue weighted by atomic mass is 9.85. The maximum atomic E-state index is 14.6. The van der Waals surface area contributed by atoms with E-state index in [1.165, 1.54) is 7.11 Å². The second-order valence-corrected chi connectivity index (χ2v) is 22.8. The lowest BCUT2D eigenvalue weighted by molar-refractivity contribution is -0.386. The van der Waals surface area contributed by atoms with Crippen molar-refractivity contribution in [1.82, 2.24) is 0 Å². The number of hydrogen-bond acceptors (Lipinski definition) is 16. The van der Waals surface area contributed by atoms with Gasteiger partial charge >= 0.3 is 11.9 Å². The van der Waals surface area contributed by atoms with Gasteiger partial charge in [0.05, 0.1) is 64.5 Å². The van der Waals surface area contributed by atoms with Gasteiger partial charge in [-0.2, -0.15) is 0 Å². The van der Waals surface area contributed by atoms with Crippen molar-refractivity contribution in [3.63, 3.8) is 0 Å². The van der Waals surface area contributed by atoms with E-state index in [4.69, 9.17) is 66.3 Å². The lowest BCUT2D eigenvalue weighted by Crippen LogP contribution is -2.66. The Balaban J connectivity index is 0.955. The highest BCUT2D eigenvalue weighted by molar-refractivity contribution is 5.89. The van der Waals surface area contributed by atoms with E-state index in [1.807, 2.05) is 165 Å². The third-order valence-electron chi connectivity index (χ3n) is 16.7. The van der Waals surface area contributed by atoms with Crippen LogP contribution in [0.15, 0.2) is 182 Å². The topological polar surface area (TPSA) is 163 Å². The van der Waals surface area contributed by atoms with E-state index in [0.29, 0.717) is 26.1 Å². The fourth-order valence-electron chi connectivity index (χ4n) is 12.2. The van der Waals surface area contributed by atoms with E-state index in [-0.39, 0.29) is 44.5 Å². The van der Waals surface area contributed by atoms with E-state index in [9.17, 15) is 9.59 Å². The van der Waals surface area contributed by atoms with Crippen LogP contribution in [0, 0.1) is 5.92 Å². The first-order chi connectivity index (χ1) is 42.3. The molecule has 1 unspecified atom stereocenters. The fourth-order valence-corrected chi connectivity index (χ4v) is 12.2. The van der Waals surface area contributed by atoms with E-state index in [2.05, 4.69) is 0 Å². The first-order valence-electron chi connectivity index (χ1n) is 30.5. The molecule has 4 aliphatic heterocycles. The van der Waals surface area contributed by atoms with Crippen molar-refractivity contribution in [2.45, 2.75) is 170 Å². The Morgan fingerprint density at radius 1 is 0.535 bits per heavy atom. The summed E-state index contributed by atoms with van der Waals surface area (Å²) >= 11 is 0. The minimum Gasteiger partial charge on any atom is -0.467 e. The van der Waals surface area contributed by atoms with Crippen molar-refractivity contribution < 1.29 is 75.9 Å². The highest BCUT2D eigenvalue weighted by Crippen LogP contribution is 2.41. The molecule has 16 nitrogen and oxygen atoms in total. The molecule has 5 fully saturated rings. The number of rotatable bonds is 25. The van der Waals surface area contributed by atoms with Crippen molar-refractivity contribution in [2.75, 3.05) is 26.9 Å². The smallest absolute Gasteiger partial charge is 0.338 e.